The van der Waals surface area contributed by atoms with Crippen molar-refractivity contribution in [1.82, 2.24) is 0 Å². The highest BCUT2D eigenvalue weighted by atomic mass is 14.4. The standard InChI is InChI=1S/C20H24.C16H22.6C2H6/c1-11-9-17-15-7-5-6-8-16(15)19-13(3)12(2)10-18(19)20(17)14(11)4;1-9-5-13-7-16-12(4)10(2)6-14(16)8-15(13)11(9)3;6*1-2/h5-8,11-14H,9-10H2,1-4H3;7-12H,5-6H2,1-4H3;6*1-2H3/t11-,12-,13-,14-;9-,10-,11-,12-;;;;;;/m11....../s1. The first kappa shape index (κ1) is 45.9. The first-order valence-corrected chi connectivity index (χ1v) is 20.9. The Balaban J connectivity index is 0.000000712. The van der Waals surface area contributed by atoms with E-state index in [0.717, 1.165) is 41.4 Å². The fourth-order valence-electron chi connectivity index (χ4n) is 8.28. The lowest BCUT2D eigenvalue weighted by Crippen LogP contribution is -2.01. The Morgan fingerprint density at radius 2 is 0.708 bits per heavy atom. The smallest absolute Gasteiger partial charge is 0.0143 e. The van der Waals surface area contributed by atoms with Crippen LogP contribution in [-0.4, -0.2) is 0 Å². The SMILES string of the molecule is CC.CC.CC.CC.CC.CC.C[C@@H]1Cc2c(c3c(c4ccccc24)[C@H](C)[C@H](C)C3)[C@@H]1C.C[C@@H]1Cc2cc3c(cc2[C@@H]1C)C[C@@H](C)[C@H]3C. The topological polar surface area (TPSA) is 0 Å². The average Bonchev–Trinajstić information content (AvgIpc) is 3.81. The van der Waals surface area contributed by atoms with E-state index in [1.807, 2.05) is 83.1 Å². The van der Waals surface area contributed by atoms with Gasteiger partial charge >= 0.3 is 0 Å². The van der Waals surface area contributed by atoms with Crippen LogP contribution in [0.1, 0.15) is 207 Å². The van der Waals surface area contributed by atoms with Gasteiger partial charge in [-0.1, -0.05) is 175 Å². The predicted molar refractivity (Wildman–Crippen MR) is 224 cm³/mol. The van der Waals surface area contributed by atoms with Crippen LogP contribution in [0, 0.1) is 23.7 Å². The third-order valence-electron chi connectivity index (χ3n) is 11.4. The molecule has 0 bridgehead atoms. The molecule has 4 aliphatic rings. The van der Waals surface area contributed by atoms with Gasteiger partial charge in [0.15, 0.2) is 0 Å². The summed E-state index contributed by atoms with van der Waals surface area (Å²) in [5.74, 6) is 6.26. The molecule has 3 aromatic rings. The monoisotopic (exact) mass is 659 g/mol. The van der Waals surface area contributed by atoms with Gasteiger partial charge in [0.2, 0.25) is 0 Å². The van der Waals surface area contributed by atoms with Crippen LogP contribution in [0.4, 0.5) is 0 Å². The third kappa shape index (κ3) is 9.37. The van der Waals surface area contributed by atoms with E-state index in [9.17, 15) is 0 Å². The average molecular weight is 659 g/mol. The van der Waals surface area contributed by atoms with Crippen LogP contribution in [0.15, 0.2) is 36.4 Å². The predicted octanol–water partition coefficient (Wildman–Crippen LogP) is 15.9. The van der Waals surface area contributed by atoms with Crippen molar-refractivity contribution >= 4 is 10.8 Å². The van der Waals surface area contributed by atoms with Crippen molar-refractivity contribution < 1.29 is 0 Å². The summed E-state index contributed by atoms with van der Waals surface area (Å²) in [7, 11) is 0. The molecule has 0 heterocycles. The van der Waals surface area contributed by atoms with E-state index in [1.165, 1.54) is 25.7 Å². The summed E-state index contributed by atoms with van der Waals surface area (Å²) in [6.45, 7) is 43.3. The first-order valence-electron chi connectivity index (χ1n) is 20.9. The van der Waals surface area contributed by atoms with Gasteiger partial charge in [-0.15, -0.1) is 0 Å². The zero-order valence-corrected chi connectivity index (χ0v) is 35.9. The summed E-state index contributed by atoms with van der Waals surface area (Å²) in [6.07, 6.45) is 5.16. The van der Waals surface area contributed by atoms with E-state index in [2.05, 4.69) is 91.8 Å². The summed E-state index contributed by atoms with van der Waals surface area (Å²) in [6, 6.07) is 14.2. The number of hydrogen-bond donors (Lipinski definition) is 0. The Bertz CT molecular complexity index is 1280. The molecule has 8 atom stereocenters. The number of rotatable bonds is 0. The van der Waals surface area contributed by atoms with Crippen LogP contribution >= 0.6 is 0 Å². The molecule has 0 saturated carbocycles. The molecular formula is C48H82. The van der Waals surface area contributed by atoms with Crippen molar-refractivity contribution in [2.75, 3.05) is 0 Å². The van der Waals surface area contributed by atoms with Crippen LogP contribution in [0.25, 0.3) is 10.8 Å². The van der Waals surface area contributed by atoms with Crippen molar-refractivity contribution in [3.05, 3.63) is 80.9 Å². The normalized spacial score (nSPS) is 26.0. The first-order chi connectivity index (χ1) is 23.2. The van der Waals surface area contributed by atoms with Gasteiger partial charge in [0.1, 0.15) is 0 Å². The second kappa shape index (κ2) is 22.6. The minimum Gasteiger partial charge on any atom is -0.0683 e. The van der Waals surface area contributed by atoms with Crippen molar-refractivity contribution in [3.63, 3.8) is 0 Å². The van der Waals surface area contributed by atoms with Crippen molar-refractivity contribution in [2.24, 2.45) is 23.7 Å². The molecule has 0 fully saturated rings. The Morgan fingerprint density at radius 1 is 0.375 bits per heavy atom. The fraction of sp³-hybridized carbons (Fsp3) is 0.667. The van der Waals surface area contributed by atoms with E-state index in [1.54, 1.807) is 55.3 Å². The lowest BCUT2D eigenvalue weighted by atomic mass is 9.86. The van der Waals surface area contributed by atoms with Gasteiger partial charge in [-0.2, -0.15) is 0 Å². The molecule has 0 saturated heterocycles. The fourth-order valence-corrected chi connectivity index (χ4v) is 8.28. The largest absolute Gasteiger partial charge is 0.0683 e. The van der Waals surface area contributed by atoms with E-state index in [-0.39, 0.29) is 0 Å². The minimum absolute atomic E-state index is 0.711. The molecule has 4 aliphatic carbocycles. The Kier molecular flexibility index (Phi) is 21.6. The second-order valence-corrected chi connectivity index (χ2v) is 13.5. The Morgan fingerprint density at radius 3 is 1.12 bits per heavy atom. The maximum absolute atomic E-state index is 2.53. The third-order valence-corrected chi connectivity index (χ3v) is 11.4. The van der Waals surface area contributed by atoms with Gasteiger partial charge in [-0.3, -0.25) is 0 Å². The van der Waals surface area contributed by atoms with Gasteiger partial charge in [0.05, 0.1) is 0 Å². The van der Waals surface area contributed by atoms with Gasteiger partial charge in [0.25, 0.3) is 0 Å². The number of fused-ring (bicyclic) bond motifs is 8. The molecule has 0 aromatic heterocycles. The lowest BCUT2D eigenvalue weighted by molar-refractivity contribution is 0.521. The molecule has 0 spiro atoms. The molecule has 274 valence electrons. The number of benzene rings is 3. The van der Waals surface area contributed by atoms with Crippen molar-refractivity contribution in [1.29, 1.82) is 0 Å². The molecule has 3 aromatic carbocycles. The highest BCUT2D eigenvalue weighted by Gasteiger charge is 2.37. The highest BCUT2D eigenvalue weighted by Crippen LogP contribution is 2.51. The molecule has 0 nitrogen and oxygen atoms in total. The van der Waals surface area contributed by atoms with E-state index < -0.39 is 0 Å². The molecular weight excluding hydrogens is 577 g/mol. The maximum Gasteiger partial charge on any atom is -0.0143 e. The van der Waals surface area contributed by atoms with Gasteiger partial charge < -0.3 is 0 Å². The molecule has 0 heteroatoms. The summed E-state index contributed by atoms with van der Waals surface area (Å²) in [4.78, 5) is 0. The van der Waals surface area contributed by atoms with Crippen LogP contribution in [-0.2, 0) is 25.7 Å². The van der Waals surface area contributed by atoms with Crippen molar-refractivity contribution in [2.45, 2.75) is 188 Å². The number of hydrogen-bond acceptors (Lipinski definition) is 0. The van der Waals surface area contributed by atoms with Crippen LogP contribution in [0.2, 0.25) is 0 Å². The van der Waals surface area contributed by atoms with Crippen molar-refractivity contribution in [3.8, 4) is 0 Å². The minimum atomic E-state index is 0.711. The summed E-state index contributed by atoms with van der Waals surface area (Å²) < 4.78 is 0. The lowest BCUT2D eigenvalue weighted by Gasteiger charge is -2.18. The molecule has 48 heavy (non-hydrogen) atoms. The van der Waals surface area contributed by atoms with E-state index >= 15 is 0 Å². The summed E-state index contributed by atoms with van der Waals surface area (Å²) >= 11 is 0. The van der Waals surface area contributed by atoms with Crippen LogP contribution in [0.5, 0.6) is 0 Å². The molecule has 0 aliphatic heterocycles. The summed E-state index contributed by atoms with van der Waals surface area (Å²) in [5.41, 5.74) is 13.4. The molecule has 7 rings (SSSR count). The van der Waals surface area contributed by atoms with E-state index in [4.69, 9.17) is 0 Å². The molecule has 0 unspecified atom stereocenters. The maximum atomic E-state index is 2.53. The zero-order chi connectivity index (χ0) is 37.5. The van der Waals surface area contributed by atoms with E-state index in [0.29, 0.717) is 5.92 Å². The van der Waals surface area contributed by atoms with Gasteiger partial charge in [0, 0.05) is 0 Å². The second-order valence-electron chi connectivity index (χ2n) is 13.5. The molecule has 0 N–H and O–H groups in total. The van der Waals surface area contributed by atoms with Gasteiger partial charge in [-0.05, 0) is 128 Å². The Hall–Kier alpha value is -2.08. The van der Waals surface area contributed by atoms with Crippen LogP contribution in [0.3, 0.4) is 0 Å². The zero-order valence-electron chi connectivity index (χ0n) is 35.9. The quantitative estimate of drug-likeness (QED) is 0.225. The van der Waals surface area contributed by atoms with Crippen LogP contribution < -0.4 is 0 Å². The van der Waals surface area contributed by atoms with Gasteiger partial charge in [-0.25, -0.2) is 0 Å². The Labute approximate surface area is 302 Å². The highest BCUT2D eigenvalue weighted by molar-refractivity contribution is 5.93. The summed E-state index contributed by atoms with van der Waals surface area (Å²) in [5, 5.41) is 3.08. The molecule has 0 radical (unpaired) electrons. The molecule has 0 amide bonds.